The van der Waals surface area contributed by atoms with Crippen LogP contribution in [0.2, 0.25) is 0 Å². The third-order valence-electron chi connectivity index (χ3n) is 10.4. The number of nitriles is 2. The molecular weight excluding hydrogens is 734 g/mol. The molecule has 0 aliphatic carbocycles. The van der Waals surface area contributed by atoms with E-state index in [4.69, 9.17) is 0 Å². The number of benzene rings is 6. The summed E-state index contributed by atoms with van der Waals surface area (Å²) in [5, 5.41) is 24.8. The smallest absolute Gasteiger partial charge is 0.308 e. The van der Waals surface area contributed by atoms with Crippen LogP contribution in [0.5, 0.6) is 0 Å². The Morgan fingerprint density at radius 3 is 1.38 bits per heavy atom. The van der Waals surface area contributed by atoms with Crippen molar-refractivity contribution in [1.29, 1.82) is 10.5 Å². The van der Waals surface area contributed by atoms with Gasteiger partial charge < -0.3 is 9.13 Å². The van der Waals surface area contributed by atoms with Crippen LogP contribution in [0.1, 0.15) is 16.7 Å². The van der Waals surface area contributed by atoms with Crippen LogP contribution in [-0.4, -0.2) is 29.1 Å². The first-order valence-corrected chi connectivity index (χ1v) is 18.1. The topological polar surface area (TPSA) is 109 Å². The van der Waals surface area contributed by atoms with Crippen molar-refractivity contribution in [2.75, 3.05) is 0 Å². The fraction of sp³-hybridized carbons (Fsp3) is 0.0213. The molecule has 0 aliphatic heterocycles. The number of halogens is 3. The van der Waals surface area contributed by atoms with E-state index in [2.05, 4.69) is 26.0 Å². The van der Waals surface area contributed by atoms with Gasteiger partial charge in [0.25, 0.3) is 0 Å². The van der Waals surface area contributed by atoms with Crippen molar-refractivity contribution in [3.05, 3.63) is 169 Å². The monoisotopic (exact) mass is 758 g/mol. The van der Waals surface area contributed by atoms with Crippen LogP contribution in [0.25, 0.3) is 88.9 Å². The predicted octanol–water partition coefficient (Wildman–Crippen LogP) is 11.2. The number of fused-ring (bicyclic) bond motifs is 6. The van der Waals surface area contributed by atoms with Gasteiger partial charge in [0.2, 0.25) is 0 Å². The standard InChI is InChI=1S/C47H25F3N8/c48-47(49,50)33-20-28(26-51)19-31(21-33)32-24-43(57-39-9-3-1-7-34(39)36-13-11-29(22-41(36)57)45-53-15-5-16-54-45)38(27-52)44(25-32)58-40-10-4-2-8-35(40)37-14-12-30(23-42(37)58)46-55-17-6-18-56-46/h1-25H. The number of nitrogens with zero attached hydrogens (tertiary/aromatic N) is 8. The third-order valence-corrected chi connectivity index (χ3v) is 10.4. The number of alkyl halides is 3. The molecule has 10 rings (SSSR count). The molecule has 4 aromatic heterocycles. The second kappa shape index (κ2) is 13.3. The molecular formula is C47H25F3N8. The molecule has 10 aromatic rings. The van der Waals surface area contributed by atoms with Crippen LogP contribution in [0.4, 0.5) is 13.2 Å². The van der Waals surface area contributed by atoms with E-state index < -0.39 is 11.7 Å². The summed E-state index contributed by atoms with van der Waals surface area (Å²) in [6, 6.07) is 42.0. The van der Waals surface area contributed by atoms with Crippen LogP contribution >= 0.6 is 0 Å². The zero-order valence-corrected chi connectivity index (χ0v) is 30.1. The molecule has 58 heavy (non-hydrogen) atoms. The Kier molecular flexibility index (Phi) is 7.85. The lowest BCUT2D eigenvalue weighted by Crippen LogP contribution is -2.07. The van der Waals surface area contributed by atoms with Crippen molar-refractivity contribution in [3.63, 3.8) is 0 Å². The Hall–Kier alpha value is -8.15. The van der Waals surface area contributed by atoms with Gasteiger partial charge in [-0.2, -0.15) is 23.7 Å². The van der Waals surface area contributed by atoms with Gasteiger partial charge in [-0.1, -0.05) is 60.7 Å². The molecule has 0 spiro atoms. The van der Waals surface area contributed by atoms with Gasteiger partial charge in [0, 0.05) is 57.5 Å². The number of aromatic nitrogens is 6. The quantitative estimate of drug-likeness (QED) is 0.173. The highest BCUT2D eigenvalue weighted by Gasteiger charge is 2.32. The minimum absolute atomic E-state index is 0.147. The van der Waals surface area contributed by atoms with Crippen LogP contribution in [0.3, 0.4) is 0 Å². The Labute approximate surface area is 328 Å². The summed E-state index contributed by atoms with van der Waals surface area (Å²) in [5.74, 6) is 1.01. The Balaban J connectivity index is 1.36. The highest BCUT2D eigenvalue weighted by Crippen LogP contribution is 2.42. The average molecular weight is 759 g/mol. The van der Waals surface area contributed by atoms with Crippen LogP contribution in [0.15, 0.2) is 152 Å². The van der Waals surface area contributed by atoms with Gasteiger partial charge in [0.1, 0.15) is 11.6 Å². The van der Waals surface area contributed by atoms with E-state index in [9.17, 15) is 23.7 Å². The molecule has 0 radical (unpaired) electrons. The molecule has 0 saturated heterocycles. The maximum atomic E-state index is 14.4. The number of rotatable bonds is 5. The van der Waals surface area contributed by atoms with Crippen molar-refractivity contribution in [3.8, 4) is 57.4 Å². The molecule has 0 fully saturated rings. The Bertz CT molecular complexity index is 3180. The second-order valence-corrected chi connectivity index (χ2v) is 13.7. The normalized spacial score (nSPS) is 11.7. The molecule has 8 nitrogen and oxygen atoms in total. The zero-order valence-electron chi connectivity index (χ0n) is 30.1. The Morgan fingerprint density at radius 1 is 0.448 bits per heavy atom. The summed E-state index contributed by atoms with van der Waals surface area (Å²) in [4.78, 5) is 17.9. The van der Waals surface area contributed by atoms with Crippen molar-refractivity contribution in [1.82, 2.24) is 29.1 Å². The van der Waals surface area contributed by atoms with Gasteiger partial charge >= 0.3 is 6.18 Å². The predicted molar refractivity (Wildman–Crippen MR) is 217 cm³/mol. The zero-order chi connectivity index (χ0) is 39.5. The largest absolute Gasteiger partial charge is 0.416 e. The van der Waals surface area contributed by atoms with E-state index in [0.717, 1.165) is 66.9 Å². The molecule has 0 bridgehead atoms. The molecule has 11 heteroatoms. The van der Waals surface area contributed by atoms with Gasteiger partial charge in [-0.05, 0) is 77.9 Å². The van der Waals surface area contributed by atoms with Crippen LogP contribution in [0, 0.1) is 22.7 Å². The third kappa shape index (κ3) is 5.53. The fourth-order valence-electron chi connectivity index (χ4n) is 7.90. The molecule has 0 amide bonds. The second-order valence-electron chi connectivity index (χ2n) is 13.7. The number of hydrogen-bond donors (Lipinski definition) is 0. The lowest BCUT2D eigenvalue weighted by molar-refractivity contribution is -0.137. The summed E-state index contributed by atoms with van der Waals surface area (Å²) in [6.45, 7) is 0. The van der Waals surface area contributed by atoms with Crippen LogP contribution < -0.4 is 0 Å². The van der Waals surface area contributed by atoms with E-state index in [-0.39, 0.29) is 16.7 Å². The molecule has 0 aliphatic rings. The molecule has 274 valence electrons. The van der Waals surface area contributed by atoms with Gasteiger partial charge in [-0.15, -0.1) is 0 Å². The minimum Gasteiger partial charge on any atom is -0.308 e. The van der Waals surface area contributed by atoms with E-state index in [1.165, 1.54) is 6.07 Å². The first-order chi connectivity index (χ1) is 28.3. The molecule has 0 N–H and O–H groups in total. The van der Waals surface area contributed by atoms with E-state index in [1.807, 2.05) is 100 Å². The SMILES string of the molecule is N#Cc1cc(-c2cc(-n3c4ccccc4c4ccc(-c5ncccn5)cc43)c(C#N)c(-n3c4ccccc4c4ccc(-c5ncccn5)cc43)c2)cc(C(F)(F)F)c1. The van der Waals surface area contributed by atoms with Crippen molar-refractivity contribution >= 4 is 43.6 Å². The first kappa shape index (κ1) is 34.3. The summed E-state index contributed by atoms with van der Waals surface area (Å²) in [5.41, 5.74) is 5.04. The van der Waals surface area contributed by atoms with Gasteiger partial charge in [-0.25, -0.2) is 19.9 Å². The summed E-state index contributed by atoms with van der Waals surface area (Å²) in [7, 11) is 0. The average Bonchev–Trinajstić information content (AvgIpc) is 3.78. The molecule has 6 aromatic carbocycles. The Morgan fingerprint density at radius 2 is 0.914 bits per heavy atom. The highest BCUT2D eigenvalue weighted by atomic mass is 19.4. The summed E-state index contributed by atoms with van der Waals surface area (Å²) >= 11 is 0. The van der Waals surface area contributed by atoms with Gasteiger partial charge in [0.15, 0.2) is 11.6 Å². The highest BCUT2D eigenvalue weighted by molar-refractivity contribution is 6.12. The molecule has 0 atom stereocenters. The van der Waals surface area contributed by atoms with Gasteiger partial charge in [-0.3, -0.25) is 0 Å². The molecule has 0 unspecified atom stereocenters. The molecule has 0 saturated carbocycles. The van der Waals surface area contributed by atoms with Crippen molar-refractivity contribution in [2.45, 2.75) is 6.18 Å². The van der Waals surface area contributed by atoms with E-state index in [1.54, 1.807) is 49.1 Å². The fourth-order valence-corrected chi connectivity index (χ4v) is 7.90. The maximum Gasteiger partial charge on any atom is 0.416 e. The number of hydrogen-bond acceptors (Lipinski definition) is 6. The minimum atomic E-state index is -4.72. The van der Waals surface area contributed by atoms with Gasteiger partial charge in [0.05, 0.1) is 50.6 Å². The van der Waals surface area contributed by atoms with Crippen molar-refractivity contribution in [2.24, 2.45) is 0 Å². The molecule has 4 heterocycles. The number of para-hydroxylation sites is 2. The maximum absolute atomic E-state index is 14.4. The van der Waals surface area contributed by atoms with E-state index in [0.29, 0.717) is 28.6 Å². The van der Waals surface area contributed by atoms with Crippen molar-refractivity contribution < 1.29 is 13.2 Å². The first-order valence-electron chi connectivity index (χ1n) is 18.1. The summed E-state index contributed by atoms with van der Waals surface area (Å²) in [6.07, 6.45) is 1.94. The van der Waals surface area contributed by atoms with Crippen LogP contribution in [-0.2, 0) is 6.18 Å². The van der Waals surface area contributed by atoms with E-state index >= 15 is 0 Å². The lowest BCUT2D eigenvalue weighted by atomic mass is 9.96. The summed E-state index contributed by atoms with van der Waals surface area (Å²) < 4.78 is 47.1. The lowest BCUT2D eigenvalue weighted by Gasteiger charge is -2.19.